The second-order valence-electron chi connectivity index (χ2n) is 8.31. The molecule has 158 valence electrons. The normalized spacial score (nSPS) is 18.1. The highest BCUT2D eigenvalue weighted by Gasteiger charge is 2.32. The van der Waals surface area contributed by atoms with Crippen molar-refractivity contribution in [2.24, 2.45) is 5.92 Å². The van der Waals surface area contributed by atoms with E-state index in [0.29, 0.717) is 17.5 Å². The second-order valence-corrected chi connectivity index (χ2v) is 9.28. The van der Waals surface area contributed by atoms with Crippen LogP contribution in [0.2, 0.25) is 0 Å². The molecule has 1 saturated carbocycles. The van der Waals surface area contributed by atoms with Gasteiger partial charge in [-0.25, -0.2) is 19.7 Å². The number of hydrogen-bond donors (Lipinski definition) is 1. The maximum Gasteiger partial charge on any atom is 0.413 e. The van der Waals surface area contributed by atoms with Crippen LogP contribution in [0.4, 0.5) is 15.7 Å². The van der Waals surface area contributed by atoms with E-state index in [0.717, 1.165) is 48.0 Å². The first-order valence-corrected chi connectivity index (χ1v) is 11.4. The molecule has 2 aromatic heterocycles. The number of thiazole rings is 1. The number of carbonyl (C=O) groups excluding carboxylic acids is 1. The smallest absolute Gasteiger partial charge is 0.397 e. The zero-order chi connectivity index (χ0) is 20.8. The first kappa shape index (κ1) is 18.6. The van der Waals surface area contributed by atoms with Crippen LogP contribution in [0.5, 0.6) is 5.06 Å². The van der Waals surface area contributed by atoms with Crippen molar-refractivity contribution in [3.05, 3.63) is 47.9 Å². The number of carbonyl (C=O) groups is 1. The minimum Gasteiger partial charge on any atom is -0.397 e. The van der Waals surface area contributed by atoms with Crippen molar-refractivity contribution in [2.45, 2.75) is 12.8 Å². The lowest BCUT2D eigenvalue weighted by atomic mass is 10.2. The van der Waals surface area contributed by atoms with Gasteiger partial charge in [0.1, 0.15) is 12.1 Å². The van der Waals surface area contributed by atoms with Gasteiger partial charge < -0.3 is 19.9 Å². The minimum absolute atomic E-state index is 0.392. The molecule has 0 atom stereocenters. The monoisotopic (exact) mass is 434 g/mol. The number of nitrogens with zero attached hydrogens (tertiary/aromatic N) is 5. The van der Waals surface area contributed by atoms with Crippen molar-refractivity contribution in [1.82, 2.24) is 20.3 Å². The van der Waals surface area contributed by atoms with Gasteiger partial charge in [0.15, 0.2) is 5.13 Å². The number of benzene rings is 1. The van der Waals surface area contributed by atoms with E-state index in [9.17, 15) is 4.79 Å². The third kappa shape index (κ3) is 3.69. The molecule has 1 aromatic carbocycles. The van der Waals surface area contributed by atoms with Gasteiger partial charge in [0.25, 0.3) is 0 Å². The zero-order valence-corrected chi connectivity index (χ0v) is 17.8. The number of fused-ring (bicyclic) bond motifs is 1. The molecule has 1 N–H and O–H groups in total. The van der Waals surface area contributed by atoms with Crippen LogP contribution in [0.25, 0.3) is 10.9 Å². The molecule has 4 heterocycles. The molecule has 1 amide bonds. The Morgan fingerprint density at radius 3 is 2.65 bits per heavy atom. The fourth-order valence-electron chi connectivity index (χ4n) is 4.23. The summed E-state index contributed by atoms with van der Waals surface area (Å²) in [6.45, 7) is 4.12. The molecule has 3 aliphatic rings. The van der Waals surface area contributed by atoms with Crippen molar-refractivity contribution in [2.75, 3.05) is 42.5 Å². The van der Waals surface area contributed by atoms with E-state index >= 15 is 0 Å². The van der Waals surface area contributed by atoms with Gasteiger partial charge >= 0.3 is 6.09 Å². The van der Waals surface area contributed by atoms with E-state index in [1.807, 2.05) is 18.2 Å². The molecule has 2 aliphatic heterocycles. The summed E-state index contributed by atoms with van der Waals surface area (Å²) in [4.78, 5) is 29.9. The Kier molecular flexibility index (Phi) is 4.48. The summed E-state index contributed by atoms with van der Waals surface area (Å²) in [5.74, 6) is 1.62. The molecule has 0 spiro atoms. The highest BCUT2D eigenvalue weighted by Crippen LogP contribution is 2.36. The highest BCUT2D eigenvalue weighted by molar-refractivity contribution is 7.17. The maximum atomic E-state index is 11.9. The van der Waals surface area contributed by atoms with Crippen LogP contribution in [0.3, 0.4) is 0 Å². The molecule has 0 saturated heterocycles. The van der Waals surface area contributed by atoms with Crippen LogP contribution in [0.15, 0.2) is 47.9 Å². The summed E-state index contributed by atoms with van der Waals surface area (Å²) in [7, 11) is 0. The van der Waals surface area contributed by atoms with Crippen molar-refractivity contribution in [1.29, 1.82) is 0 Å². The Morgan fingerprint density at radius 1 is 1.06 bits per heavy atom. The molecule has 0 bridgehead atoms. The van der Waals surface area contributed by atoms with Crippen LogP contribution in [0, 0.1) is 5.92 Å². The zero-order valence-electron chi connectivity index (χ0n) is 17.0. The molecule has 1 aliphatic carbocycles. The summed E-state index contributed by atoms with van der Waals surface area (Å²) in [6.07, 6.45) is 5.28. The van der Waals surface area contributed by atoms with E-state index in [1.165, 1.54) is 35.3 Å². The van der Waals surface area contributed by atoms with Gasteiger partial charge in [-0.2, -0.15) is 0 Å². The molecule has 1 fully saturated rings. The van der Waals surface area contributed by atoms with E-state index < -0.39 is 6.09 Å². The van der Waals surface area contributed by atoms with Crippen LogP contribution in [-0.2, 0) is 0 Å². The number of rotatable bonds is 5. The number of nitrogens with one attached hydrogen (secondary N) is 1. The predicted octanol–water partition coefficient (Wildman–Crippen LogP) is 3.22. The fraction of sp³-hybridized carbons (Fsp3) is 0.364. The third-order valence-corrected chi connectivity index (χ3v) is 6.95. The van der Waals surface area contributed by atoms with E-state index in [2.05, 4.69) is 36.1 Å². The number of para-hydroxylation sites is 1. The summed E-state index contributed by atoms with van der Waals surface area (Å²) in [6, 6.07) is 8.14. The topological polar surface area (TPSA) is 83.5 Å². The number of ether oxygens (including phenoxy) is 1. The molecular weight excluding hydrogens is 412 g/mol. The van der Waals surface area contributed by atoms with Gasteiger partial charge in [-0.15, -0.1) is 0 Å². The molecule has 6 rings (SSSR count). The van der Waals surface area contributed by atoms with Gasteiger partial charge in [-0.05, 0) is 42.0 Å². The van der Waals surface area contributed by atoms with E-state index in [1.54, 1.807) is 12.5 Å². The number of anilines is 2. The molecule has 9 heteroatoms. The largest absolute Gasteiger partial charge is 0.413 e. The van der Waals surface area contributed by atoms with Gasteiger partial charge in [0.2, 0.25) is 5.06 Å². The fourth-order valence-corrected chi connectivity index (χ4v) is 5.00. The molecule has 31 heavy (non-hydrogen) atoms. The second kappa shape index (κ2) is 7.49. The Balaban J connectivity index is 1.09. The lowest BCUT2D eigenvalue weighted by molar-refractivity contribution is 0.201. The van der Waals surface area contributed by atoms with Gasteiger partial charge in [-0.1, -0.05) is 23.5 Å². The number of amides is 1. The molecule has 0 unspecified atom stereocenters. The summed E-state index contributed by atoms with van der Waals surface area (Å²) in [5, 5.41) is 5.32. The lowest BCUT2D eigenvalue weighted by Crippen LogP contribution is -2.30. The third-order valence-electron chi connectivity index (χ3n) is 6.02. The Hall–Kier alpha value is -3.20. The van der Waals surface area contributed by atoms with Gasteiger partial charge in [0.05, 0.1) is 11.7 Å². The average molecular weight is 435 g/mol. The maximum absolute atomic E-state index is 11.9. The van der Waals surface area contributed by atoms with Crippen LogP contribution in [0.1, 0.15) is 12.8 Å². The van der Waals surface area contributed by atoms with E-state index in [4.69, 9.17) is 4.74 Å². The molecular formula is C22H22N6O2S. The summed E-state index contributed by atoms with van der Waals surface area (Å²) < 4.78 is 5.39. The Bertz CT molecular complexity index is 1160. The van der Waals surface area contributed by atoms with Crippen molar-refractivity contribution < 1.29 is 9.53 Å². The first-order chi connectivity index (χ1) is 15.2. The molecule has 0 radical (unpaired) electrons. The van der Waals surface area contributed by atoms with Crippen LogP contribution < -0.4 is 19.9 Å². The van der Waals surface area contributed by atoms with Crippen molar-refractivity contribution >= 4 is 39.3 Å². The molecule has 3 aromatic rings. The summed E-state index contributed by atoms with van der Waals surface area (Å²) in [5.41, 5.74) is 3.81. The number of hydrogen-bond acceptors (Lipinski definition) is 8. The highest BCUT2D eigenvalue weighted by atomic mass is 32.1. The first-order valence-electron chi connectivity index (χ1n) is 10.5. The predicted molar refractivity (Wildman–Crippen MR) is 120 cm³/mol. The SMILES string of the molecule is O=C(NCC1CC1)Oc1cnc(N2CC3=C(C2)CN(c2ncnc4ccccc24)C3)s1. The average Bonchev–Trinajstić information content (AvgIpc) is 3.15. The van der Waals surface area contributed by atoms with Crippen LogP contribution in [-0.4, -0.2) is 53.8 Å². The number of aromatic nitrogens is 3. The summed E-state index contributed by atoms with van der Waals surface area (Å²) >= 11 is 1.42. The Morgan fingerprint density at radius 2 is 1.84 bits per heavy atom. The van der Waals surface area contributed by atoms with Crippen molar-refractivity contribution in [3.63, 3.8) is 0 Å². The lowest BCUT2D eigenvalue weighted by Gasteiger charge is -2.24. The van der Waals surface area contributed by atoms with Gasteiger partial charge in [0, 0.05) is 38.1 Å². The molecule has 8 nitrogen and oxygen atoms in total. The van der Waals surface area contributed by atoms with Crippen molar-refractivity contribution in [3.8, 4) is 5.06 Å². The Labute approximate surface area is 183 Å². The standard InChI is InChI=1S/C22H22N6O2S/c29-22(24-7-14-5-6-14)30-19-8-23-21(31-19)28-11-15-9-27(10-16(15)12-28)20-17-3-1-2-4-18(17)25-13-26-20/h1-4,8,13-14H,5-7,9-12H2,(H,24,29). The van der Waals surface area contributed by atoms with Crippen LogP contribution >= 0.6 is 11.3 Å². The van der Waals surface area contributed by atoms with E-state index in [-0.39, 0.29) is 0 Å². The quantitative estimate of drug-likeness (QED) is 0.617. The van der Waals surface area contributed by atoms with Gasteiger partial charge in [-0.3, -0.25) is 0 Å². The minimum atomic E-state index is -0.392.